The molecule has 1 fully saturated rings. The smallest absolute Gasteiger partial charge is 0.228 e. The maximum atomic E-state index is 11.9. The molecule has 0 bridgehead atoms. The van der Waals surface area contributed by atoms with E-state index < -0.39 is 0 Å². The van der Waals surface area contributed by atoms with Crippen molar-refractivity contribution >= 4 is 22.6 Å². The lowest BCUT2D eigenvalue weighted by molar-refractivity contribution is -0.119. The van der Waals surface area contributed by atoms with Crippen molar-refractivity contribution in [2.75, 3.05) is 18.4 Å². The van der Waals surface area contributed by atoms with Crippen LogP contribution in [0, 0.1) is 5.92 Å². The van der Waals surface area contributed by atoms with E-state index in [0.717, 1.165) is 36.2 Å². The summed E-state index contributed by atoms with van der Waals surface area (Å²) in [7, 11) is 0. The molecule has 3 rings (SSSR count). The van der Waals surface area contributed by atoms with Gasteiger partial charge in [-0.3, -0.25) is 4.79 Å². The van der Waals surface area contributed by atoms with Gasteiger partial charge in [-0.25, -0.2) is 4.98 Å². The summed E-state index contributed by atoms with van der Waals surface area (Å²) in [5.41, 5.74) is 2.66. The van der Waals surface area contributed by atoms with Crippen LogP contribution in [-0.2, 0) is 4.79 Å². The van der Waals surface area contributed by atoms with Gasteiger partial charge in [-0.1, -0.05) is 0 Å². The van der Waals surface area contributed by atoms with Crippen molar-refractivity contribution in [2.45, 2.75) is 6.42 Å². The highest BCUT2D eigenvalue weighted by molar-refractivity contribution is 5.94. The van der Waals surface area contributed by atoms with E-state index in [1.54, 1.807) is 6.33 Å². The minimum Gasteiger partial charge on any atom is -0.345 e. The minimum absolute atomic E-state index is 0.0902. The normalized spacial score (nSPS) is 19.6. The SMILES string of the molecule is O=C(Nc1ccc2nc[nH]c2c1)C1CCNC1. The summed E-state index contributed by atoms with van der Waals surface area (Å²) >= 11 is 0. The zero-order valence-electron chi connectivity index (χ0n) is 9.36. The number of hydrogen-bond acceptors (Lipinski definition) is 3. The molecule has 0 radical (unpaired) electrons. The van der Waals surface area contributed by atoms with Crippen LogP contribution in [0.3, 0.4) is 0 Å². The van der Waals surface area contributed by atoms with Crippen LogP contribution >= 0.6 is 0 Å². The molecule has 5 heteroatoms. The number of hydrogen-bond donors (Lipinski definition) is 3. The Kier molecular flexibility index (Phi) is 2.53. The van der Waals surface area contributed by atoms with Crippen LogP contribution in [0.5, 0.6) is 0 Å². The number of aromatic nitrogens is 2. The van der Waals surface area contributed by atoms with Crippen molar-refractivity contribution in [1.82, 2.24) is 15.3 Å². The average molecular weight is 230 g/mol. The Balaban J connectivity index is 1.77. The summed E-state index contributed by atoms with van der Waals surface area (Å²) in [5.74, 6) is 0.182. The fourth-order valence-electron chi connectivity index (χ4n) is 2.14. The maximum Gasteiger partial charge on any atom is 0.228 e. The Morgan fingerprint density at radius 1 is 1.47 bits per heavy atom. The summed E-state index contributed by atoms with van der Waals surface area (Å²) in [6, 6.07) is 5.68. The van der Waals surface area contributed by atoms with E-state index in [-0.39, 0.29) is 11.8 Å². The van der Waals surface area contributed by atoms with E-state index in [1.807, 2.05) is 18.2 Å². The first-order chi connectivity index (χ1) is 8.33. The van der Waals surface area contributed by atoms with E-state index in [1.165, 1.54) is 0 Å². The molecule has 0 aliphatic carbocycles. The molecule has 3 N–H and O–H groups in total. The highest BCUT2D eigenvalue weighted by atomic mass is 16.1. The molecule has 1 aromatic carbocycles. The van der Waals surface area contributed by atoms with Crippen LogP contribution in [0.1, 0.15) is 6.42 Å². The van der Waals surface area contributed by atoms with Gasteiger partial charge < -0.3 is 15.6 Å². The first-order valence-electron chi connectivity index (χ1n) is 5.77. The highest BCUT2D eigenvalue weighted by Gasteiger charge is 2.22. The molecule has 1 atom stereocenters. The zero-order chi connectivity index (χ0) is 11.7. The minimum atomic E-state index is 0.0902. The molecule has 5 nitrogen and oxygen atoms in total. The quantitative estimate of drug-likeness (QED) is 0.724. The zero-order valence-corrected chi connectivity index (χ0v) is 9.36. The Bertz CT molecular complexity index is 542. The molecule has 1 unspecified atom stereocenters. The van der Waals surface area contributed by atoms with E-state index in [2.05, 4.69) is 20.6 Å². The lowest BCUT2D eigenvalue weighted by Gasteiger charge is -2.09. The van der Waals surface area contributed by atoms with Gasteiger partial charge in [0.2, 0.25) is 5.91 Å². The van der Waals surface area contributed by atoms with Gasteiger partial charge in [-0.15, -0.1) is 0 Å². The fourth-order valence-corrected chi connectivity index (χ4v) is 2.14. The standard InChI is InChI=1S/C12H14N4O/c17-12(8-3-4-13-6-8)16-9-1-2-10-11(5-9)15-7-14-10/h1-2,5,7-8,13H,3-4,6H2,(H,14,15)(H,16,17). The number of anilines is 1. The third kappa shape index (κ3) is 2.01. The van der Waals surface area contributed by atoms with Gasteiger partial charge in [0.05, 0.1) is 23.3 Å². The number of amides is 1. The Morgan fingerprint density at radius 3 is 3.24 bits per heavy atom. The summed E-state index contributed by atoms with van der Waals surface area (Å²) in [5, 5.41) is 6.13. The molecule has 2 aromatic rings. The lowest BCUT2D eigenvalue weighted by Crippen LogP contribution is -2.24. The van der Waals surface area contributed by atoms with Crippen molar-refractivity contribution in [2.24, 2.45) is 5.92 Å². The van der Waals surface area contributed by atoms with Crippen LogP contribution in [0.15, 0.2) is 24.5 Å². The molecular weight excluding hydrogens is 216 g/mol. The number of fused-ring (bicyclic) bond motifs is 1. The predicted molar refractivity (Wildman–Crippen MR) is 65.7 cm³/mol. The molecule has 2 heterocycles. The predicted octanol–water partition coefficient (Wildman–Crippen LogP) is 1.11. The largest absolute Gasteiger partial charge is 0.345 e. The molecule has 1 saturated heterocycles. The number of carbonyl (C=O) groups is 1. The Hall–Kier alpha value is -1.88. The summed E-state index contributed by atoms with van der Waals surface area (Å²) in [6.45, 7) is 1.70. The number of aromatic amines is 1. The van der Waals surface area contributed by atoms with Crippen LogP contribution in [0.25, 0.3) is 11.0 Å². The van der Waals surface area contributed by atoms with Gasteiger partial charge in [0.1, 0.15) is 0 Å². The number of carbonyl (C=O) groups excluding carboxylic acids is 1. The van der Waals surface area contributed by atoms with Gasteiger partial charge in [0, 0.05) is 12.2 Å². The molecular formula is C12H14N4O. The van der Waals surface area contributed by atoms with E-state index in [9.17, 15) is 4.79 Å². The molecule has 0 spiro atoms. The lowest BCUT2D eigenvalue weighted by atomic mass is 10.1. The van der Waals surface area contributed by atoms with E-state index in [4.69, 9.17) is 0 Å². The van der Waals surface area contributed by atoms with Crippen molar-refractivity contribution in [3.05, 3.63) is 24.5 Å². The number of benzene rings is 1. The number of rotatable bonds is 2. The van der Waals surface area contributed by atoms with Gasteiger partial charge >= 0.3 is 0 Å². The number of imidazole rings is 1. The summed E-state index contributed by atoms with van der Waals surface area (Å²) in [4.78, 5) is 19.1. The van der Waals surface area contributed by atoms with Crippen molar-refractivity contribution in [3.63, 3.8) is 0 Å². The Labute approximate surface area is 98.6 Å². The molecule has 1 aliphatic rings. The first-order valence-corrected chi connectivity index (χ1v) is 5.77. The second-order valence-electron chi connectivity index (χ2n) is 4.31. The molecule has 1 aliphatic heterocycles. The molecule has 88 valence electrons. The summed E-state index contributed by atoms with van der Waals surface area (Å²) < 4.78 is 0. The topological polar surface area (TPSA) is 69.8 Å². The molecule has 17 heavy (non-hydrogen) atoms. The van der Waals surface area contributed by atoms with Crippen LogP contribution < -0.4 is 10.6 Å². The maximum absolute atomic E-state index is 11.9. The van der Waals surface area contributed by atoms with Gasteiger partial charge in [0.25, 0.3) is 0 Å². The van der Waals surface area contributed by atoms with Crippen molar-refractivity contribution < 1.29 is 4.79 Å². The Morgan fingerprint density at radius 2 is 2.41 bits per heavy atom. The second-order valence-corrected chi connectivity index (χ2v) is 4.31. The molecule has 1 amide bonds. The third-order valence-electron chi connectivity index (χ3n) is 3.12. The van der Waals surface area contributed by atoms with Gasteiger partial charge in [-0.2, -0.15) is 0 Å². The van der Waals surface area contributed by atoms with Crippen LogP contribution in [0.2, 0.25) is 0 Å². The van der Waals surface area contributed by atoms with Crippen molar-refractivity contribution in [3.8, 4) is 0 Å². The van der Waals surface area contributed by atoms with E-state index in [0.29, 0.717) is 0 Å². The molecule has 0 saturated carbocycles. The first kappa shape index (κ1) is 10.3. The number of nitrogens with zero attached hydrogens (tertiary/aromatic N) is 1. The fraction of sp³-hybridized carbons (Fsp3) is 0.333. The van der Waals surface area contributed by atoms with Gasteiger partial charge in [0.15, 0.2) is 0 Å². The van der Waals surface area contributed by atoms with Crippen LogP contribution in [-0.4, -0.2) is 29.0 Å². The average Bonchev–Trinajstić information content (AvgIpc) is 2.99. The van der Waals surface area contributed by atoms with Crippen LogP contribution in [0.4, 0.5) is 5.69 Å². The van der Waals surface area contributed by atoms with Gasteiger partial charge in [-0.05, 0) is 31.2 Å². The molecule has 1 aromatic heterocycles. The third-order valence-corrected chi connectivity index (χ3v) is 3.12. The highest BCUT2D eigenvalue weighted by Crippen LogP contribution is 2.17. The van der Waals surface area contributed by atoms with E-state index >= 15 is 0 Å². The van der Waals surface area contributed by atoms with Crippen molar-refractivity contribution in [1.29, 1.82) is 0 Å². The number of nitrogens with one attached hydrogen (secondary N) is 3. The monoisotopic (exact) mass is 230 g/mol. The number of H-pyrrole nitrogens is 1. The summed E-state index contributed by atoms with van der Waals surface area (Å²) in [6.07, 6.45) is 2.56. The second kappa shape index (κ2) is 4.18.